The molecule has 32 heavy (non-hydrogen) atoms. The maximum absolute atomic E-state index is 14.0. The second-order valence-corrected chi connectivity index (χ2v) is 7.48. The Morgan fingerprint density at radius 2 is 1.69 bits per heavy atom. The lowest BCUT2D eigenvalue weighted by Crippen LogP contribution is -2.72. The summed E-state index contributed by atoms with van der Waals surface area (Å²) in [6.07, 6.45) is -5.34. The number of hydrogen-bond donors (Lipinski definition) is 3. The Kier molecular flexibility index (Phi) is 5.11. The molecule has 6 nitrogen and oxygen atoms in total. The molecule has 3 aromatic carbocycles. The minimum atomic E-state index is -5.34. The molecule has 162 valence electrons. The molecule has 1 aliphatic heterocycles. The second kappa shape index (κ2) is 7.66. The summed E-state index contributed by atoms with van der Waals surface area (Å²) >= 11 is 0. The third-order valence-electron chi connectivity index (χ3n) is 5.52. The molecule has 9 heteroatoms. The van der Waals surface area contributed by atoms with Gasteiger partial charge in [0, 0.05) is 5.56 Å². The summed E-state index contributed by atoms with van der Waals surface area (Å²) in [7, 11) is 0. The highest BCUT2D eigenvalue weighted by molar-refractivity contribution is 6.03. The van der Waals surface area contributed by atoms with Crippen molar-refractivity contribution in [2.75, 3.05) is 0 Å². The molecule has 3 atom stereocenters. The molecule has 0 bridgehead atoms. The van der Waals surface area contributed by atoms with Crippen LogP contribution in [0.1, 0.15) is 27.5 Å². The molecule has 1 saturated heterocycles. The molecule has 1 aliphatic rings. The molecule has 3 aromatic rings. The molecule has 0 aromatic heterocycles. The molecule has 0 radical (unpaired) electrons. The molecule has 0 saturated carbocycles. The van der Waals surface area contributed by atoms with Crippen molar-refractivity contribution < 1.29 is 27.9 Å². The van der Waals surface area contributed by atoms with Gasteiger partial charge in [-0.1, -0.05) is 48.5 Å². The van der Waals surface area contributed by atoms with Crippen LogP contribution in [-0.4, -0.2) is 28.8 Å². The Labute approximate surface area is 180 Å². The summed E-state index contributed by atoms with van der Waals surface area (Å²) in [6.45, 7) is 0. The Hall–Kier alpha value is -3.90. The van der Waals surface area contributed by atoms with Gasteiger partial charge in [0.15, 0.2) is 5.78 Å². The van der Waals surface area contributed by atoms with E-state index in [1.807, 2.05) is 6.07 Å². The van der Waals surface area contributed by atoms with Gasteiger partial charge in [-0.3, -0.25) is 4.79 Å². The van der Waals surface area contributed by atoms with Crippen LogP contribution in [-0.2, 0) is 0 Å². The fourth-order valence-corrected chi connectivity index (χ4v) is 3.90. The topological polar surface area (TPSA) is 102 Å². The number of rotatable bonds is 3. The summed E-state index contributed by atoms with van der Waals surface area (Å²) in [5.74, 6) is -3.13. The van der Waals surface area contributed by atoms with Crippen LogP contribution in [0.4, 0.5) is 18.0 Å². The van der Waals surface area contributed by atoms with Gasteiger partial charge >= 0.3 is 12.2 Å². The van der Waals surface area contributed by atoms with Crippen molar-refractivity contribution in [1.29, 1.82) is 5.26 Å². The Balaban J connectivity index is 1.86. The van der Waals surface area contributed by atoms with Crippen LogP contribution in [0.2, 0.25) is 0 Å². The van der Waals surface area contributed by atoms with E-state index < -0.39 is 35.7 Å². The number of hydrogen-bond acceptors (Lipinski definition) is 4. The fraction of sp³-hybridized carbons (Fsp3) is 0.174. The second-order valence-electron chi connectivity index (χ2n) is 7.48. The van der Waals surface area contributed by atoms with Crippen molar-refractivity contribution in [2.45, 2.75) is 17.9 Å². The predicted molar refractivity (Wildman–Crippen MR) is 108 cm³/mol. The molecular weight excluding hydrogens is 423 g/mol. The summed E-state index contributed by atoms with van der Waals surface area (Å²) in [4.78, 5) is 25.5. The maximum atomic E-state index is 14.0. The number of benzene rings is 3. The third-order valence-corrected chi connectivity index (χ3v) is 5.52. The van der Waals surface area contributed by atoms with Crippen molar-refractivity contribution in [3.63, 3.8) is 0 Å². The van der Waals surface area contributed by atoms with E-state index >= 15 is 0 Å². The molecule has 1 heterocycles. The first-order chi connectivity index (χ1) is 15.1. The van der Waals surface area contributed by atoms with Crippen molar-refractivity contribution in [1.82, 2.24) is 10.6 Å². The average Bonchev–Trinajstić information content (AvgIpc) is 2.77. The molecule has 2 amide bonds. The van der Waals surface area contributed by atoms with E-state index in [9.17, 15) is 27.9 Å². The number of Topliss-reactive ketones (excluding diaryl/α,β-unsaturated/α-hetero) is 1. The van der Waals surface area contributed by atoms with Crippen LogP contribution in [0.15, 0.2) is 66.7 Å². The van der Waals surface area contributed by atoms with Crippen LogP contribution in [0.5, 0.6) is 0 Å². The number of nitrogens with zero attached hydrogens (tertiary/aromatic N) is 1. The number of nitrogens with one attached hydrogen (secondary N) is 2. The molecule has 4 rings (SSSR count). The summed E-state index contributed by atoms with van der Waals surface area (Å²) in [5.41, 5.74) is -3.47. The standard InChI is InChI=1S/C23H16F3N3O3/c24-23(25,26)22(32)18(20(30)17-10-9-14-3-1-2-4-16(14)11-17)19(28-21(31)29-22)15-7-5-13(12-27)6-8-15/h1-11,18-19,32H,(H2,28,29,31). The summed E-state index contributed by atoms with van der Waals surface area (Å²) < 4.78 is 42.0. The lowest BCUT2D eigenvalue weighted by Gasteiger charge is -2.45. The molecule has 3 unspecified atom stereocenters. The number of ketones is 1. The number of nitriles is 1. The van der Waals surface area contributed by atoms with E-state index in [1.165, 1.54) is 41.7 Å². The van der Waals surface area contributed by atoms with E-state index in [0.717, 1.165) is 5.39 Å². The number of halogens is 3. The monoisotopic (exact) mass is 439 g/mol. The first kappa shape index (κ1) is 21.3. The predicted octanol–water partition coefficient (Wildman–Crippen LogP) is 3.82. The number of amides is 2. The first-order valence-corrected chi connectivity index (χ1v) is 9.55. The molecule has 0 aliphatic carbocycles. The van der Waals surface area contributed by atoms with E-state index in [0.29, 0.717) is 5.39 Å². The highest BCUT2D eigenvalue weighted by Gasteiger charge is 2.66. The maximum Gasteiger partial charge on any atom is 0.437 e. The average molecular weight is 439 g/mol. The van der Waals surface area contributed by atoms with Crippen molar-refractivity contribution in [3.05, 3.63) is 83.4 Å². The Morgan fingerprint density at radius 3 is 2.31 bits per heavy atom. The molecular formula is C23H16F3N3O3. The SMILES string of the molecule is N#Cc1ccc(C2NC(=O)NC(O)(C(F)(F)F)C2C(=O)c2ccc3ccccc3c2)cc1. The smallest absolute Gasteiger partial charge is 0.363 e. The van der Waals surface area contributed by atoms with Crippen LogP contribution in [0.25, 0.3) is 10.8 Å². The van der Waals surface area contributed by atoms with Crippen LogP contribution < -0.4 is 10.6 Å². The lowest BCUT2D eigenvalue weighted by molar-refractivity contribution is -0.287. The zero-order valence-electron chi connectivity index (χ0n) is 16.4. The zero-order chi connectivity index (χ0) is 23.1. The van der Waals surface area contributed by atoms with Crippen LogP contribution in [0, 0.1) is 17.2 Å². The molecule has 0 spiro atoms. The number of carbonyl (C=O) groups is 2. The Bertz CT molecular complexity index is 1250. The van der Waals surface area contributed by atoms with Gasteiger partial charge in [0.05, 0.1) is 17.7 Å². The van der Waals surface area contributed by atoms with E-state index in [1.54, 1.807) is 30.3 Å². The van der Waals surface area contributed by atoms with Gasteiger partial charge in [-0.05, 0) is 34.5 Å². The minimum Gasteiger partial charge on any atom is -0.363 e. The number of urea groups is 1. The van der Waals surface area contributed by atoms with E-state index in [4.69, 9.17) is 5.26 Å². The highest BCUT2D eigenvalue weighted by Crippen LogP contribution is 2.44. The zero-order valence-corrected chi connectivity index (χ0v) is 16.4. The summed E-state index contributed by atoms with van der Waals surface area (Å²) in [6, 6.07) is 15.9. The largest absolute Gasteiger partial charge is 0.437 e. The van der Waals surface area contributed by atoms with Gasteiger partial charge < -0.3 is 15.7 Å². The highest BCUT2D eigenvalue weighted by atomic mass is 19.4. The third kappa shape index (κ3) is 3.55. The number of aliphatic hydroxyl groups is 1. The number of carbonyl (C=O) groups excluding carboxylic acids is 2. The quantitative estimate of drug-likeness (QED) is 0.540. The summed E-state index contributed by atoms with van der Waals surface area (Å²) in [5, 5.41) is 24.9. The van der Waals surface area contributed by atoms with Gasteiger partial charge in [-0.25, -0.2) is 4.79 Å². The fourth-order valence-electron chi connectivity index (χ4n) is 3.90. The minimum absolute atomic E-state index is 0.0482. The van der Waals surface area contributed by atoms with Crippen molar-refractivity contribution in [3.8, 4) is 6.07 Å². The van der Waals surface area contributed by atoms with Gasteiger partial charge in [-0.2, -0.15) is 18.4 Å². The lowest BCUT2D eigenvalue weighted by atomic mass is 9.77. The van der Waals surface area contributed by atoms with Crippen molar-refractivity contribution >= 4 is 22.6 Å². The van der Waals surface area contributed by atoms with Crippen LogP contribution in [0.3, 0.4) is 0 Å². The van der Waals surface area contributed by atoms with E-state index in [2.05, 4.69) is 5.32 Å². The van der Waals surface area contributed by atoms with Gasteiger partial charge in [0.25, 0.3) is 0 Å². The van der Waals surface area contributed by atoms with E-state index in [-0.39, 0.29) is 16.7 Å². The first-order valence-electron chi connectivity index (χ1n) is 9.55. The van der Waals surface area contributed by atoms with Gasteiger partial charge in [-0.15, -0.1) is 0 Å². The van der Waals surface area contributed by atoms with Gasteiger partial charge in [0.2, 0.25) is 5.72 Å². The normalized spacial score (nSPS) is 23.2. The molecule has 3 N–H and O–H groups in total. The number of alkyl halides is 3. The Morgan fingerprint density at radius 1 is 1.03 bits per heavy atom. The van der Waals surface area contributed by atoms with Crippen LogP contribution >= 0.6 is 0 Å². The van der Waals surface area contributed by atoms with Gasteiger partial charge in [0.1, 0.15) is 5.92 Å². The molecule has 1 fully saturated rings. The van der Waals surface area contributed by atoms with Crippen molar-refractivity contribution in [2.24, 2.45) is 5.92 Å². The number of fused-ring (bicyclic) bond motifs is 1.